The van der Waals surface area contributed by atoms with Crippen molar-refractivity contribution in [3.8, 4) is 5.69 Å². The van der Waals surface area contributed by atoms with Crippen LogP contribution in [0.4, 0.5) is 0 Å². The quantitative estimate of drug-likeness (QED) is 0.735. The third kappa shape index (κ3) is 1.35. The molecule has 0 aliphatic carbocycles. The maximum atomic E-state index is 4.54. The van der Waals surface area contributed by atoms with E-state index in [4.69, 9.17) is 0 Å². The molecule has 2 heterocycles. The van der Waals surface area contributed by atoms with Gasteiger partial charge in [0, 0.05) is 4.90 Å². The standard InChI is InChI=1S/C11H9BrN2S/c1-7-11(12)14-8-4-2-3-5-9(8)15-6-10(14)13-7/h2-5H,6H2,1H3. The van der Waals surface area contributed by atoms with Crippen molar-refractivity contribution < 1.29 is 0 Å². The van der Waals surface area contributed by atoms with Gasteiger partial charge in [-0.05, 0) is 35.0 Å². The molecular formula is C11H9BrN2S. The average molecular weight is 281 g/mol. The number of thioether (sulfide) groups is 1. The van der Waals surface area contributed by atoms with Gasteiger partial charge >= 0.3 is 0 Å². The summed E-state index contributed by atoms with van der Waals surface area (Å²) in [6.45, 7) is 2.03. The summed E-state index contributed by atoms with van der Waals surface area (Å²) >= 11 is 5.45. The van der Waals surface area contributed by atoms with Crippen molar-refractivity contribution in [2.45, 2.75) is 17.6 Å². The van der Waals surface area contributed by atoms with Gasteiger partial charge in [0.05, 0.1) is 17.1 Å². The van der Waals surface area contributed by atoms with Gasteiger partial charge in [-0.15, -0.1) is 11.8 Å². The molecule has 1 aromatic heterocycles. The molecule has 0 bridgehead atoms. The molecule has 2 nitrogen and oxygen atoms in total. The van der Waals surface area contributed by atoms with E-state index >= 15 is 0 Å². The molecule has 0 saturated heterocycles. The number of benzene rings is 1. The SMILES string of the molecule is Cc1nc2n(c1Br)-c1ccccc1SC2. The predicted molar refractivity (Wildman–Crippen MR) is 65.6 cm³/mol. The molecule has 0 amide bonds. The molecular weight excluding hydrogens is 272 g/mol. The Labute approximate surface area is 101 Å². The number of imidazole rings is 1. The van der Waals surface area contributed by atoms with Gasteiger partial charge in [0.15, 0.2) is 0 Å². The molecule has 0 N–H and O–H groups in total. The predicted octanol–water partition coefficient (Wildman–Crippen LogP) is 3.55. The van der Waals surface area contributed by atoms with E-state index in [1.807, 2.05) is 18.7 Å². The van der Waals surface area contributed by atoms with Gasteiger partial charge in [-0.2, -0.15) is 0 Å². The molecule has 0 radical (unpaired) electrons. The Bertz CT molecular complexity index is 533. The second kappa shape index (κ2) is 3.39. The lowest BCUT2D eigenvalue weighted by Gasteiger charge is -2.18. The fourth-order valence-electron chi connectivity index (χ4n) is 1.81. The smallest absolute Gasteiger partial charge is 0.124 e. The van der Waals surface area contributed by atoms with Crippen LogP contribution in [0.2, 0.25) is 0 Å². The van der Waals surface area contributed by atoms with E-state index in [1.165, 1.54) is 10.6 Å². The number of fused-ring (bicyclic) bond motifs is 3. The minimum absolute atomic E-state index is 0.948. The molecule has 2 aromatic rings. The topological polar surface area (TPSA) is 17.8 Å². The summed E-state index contributed by atoms with van der Waals surface area (Å²) in [6, 6.07) is 8.44. The minimum Gasteiger partial charge on any atom is -0.289 e. The summed E-state index contributed by atoms with van der Waals surface area (Å²) < 4.78 is 3.27. The van der Waals surface area contributed by atoms with Crippen molar-refractivity contribution in [3.63, 3.8) is 0 Å². The molecule has 0 unspecified atom stereocenters. The monoisotopic (exact) mass is 280 g/mol. The third-order valence-electron chi connectivity index (χ3n) is 2.51. The van der Waals surface area contributed by atoms with Crippen LogP contribution in [0.5, 0.6) is 0 Å². The van der Waals surface area contributed by atoms with Crippen molar-refractivity contribution in [2.24, 2.45) is 0 Å². The lowest BCUT2D eigenvalue weighted by Crippen LogP contribution is -2.06. The largest absolute Gasteiger partial charge is 0.289 e. The zero-order chi connectivity index (χ0) is 10.4. The Kier molecular flexibility index (Phi) is 2.14. The molecule has 15 heavy (non-hydrogen) atoms. The lowest BCUT2D eigenvalue weighted by molar-refractivity contribution is 0.907. The van der Waals surface area contributed by atoms with Crippen molar-refractivity contribution in [3.05, 3.63) is 40.4 Å². The van der Waals surface area contributed by atoms with Gasteiger partial charge < -0.3 is 0 Å². The summed E-state index contributed by atoms with van der Waals surface area (Å²) in [5, 5.41) is 0. The maximum absolute atomic E-state index is 4.54. The van der Waals surface area contributed by atoms with E-state index in [9.17, 15) is 0 Å². The highest BCUT2D eigenvalue weighted by Crippen LogP contribution is 2.37. The summed E-state index contributed by atoms with van der Waals surface area (Å²) in [4.78, 5) is 5.87. The molecule has 0 atom stereocenters. The molecule has 4 heteroatoms. The number of hydrogen-bond donors (Lipinski definition) is 0. The first-order chi connectivity index (χ1) is 7.27. The summed E-state index contributed by atoms with van der Waals surface area (Å²) in [7, 11) is 0. The molecule has 0 saturated carbocycles. The average Bonchev–Trinajstić information content (AvgIpc) is 2.55. The Balaban J connectivity index is 2.33. The van der Waals surface area contributed by atoms with Gasteiger partial charge in [-0.1, -0.05) is 12.1 Å². The van der Waals surface area contributed by atoms with Crippen LogP contribution < -0.4 is 0 Å². The first-order valence-corrected chi connectivity index (χ1v) is 6.51. The van der Waals surface area contributed by atoms with E-state index in [0.29, 0.717) is 0 Å². The van der Waals surface area contributed by atoms with Crippen molar-refractivity contribution in [1.82, 2.24) is 9.55 Å². The first-order valence-electron chi connectivity index (χ1n) is 4.73. The zero-order valence-corrected chi connectivity index (χ0v) is 10.6. The van der Waals surface area contributed by atoms with Gasteiger partial charge in [0.2, 0.25) is 0 Å². The van der Waals surface area contributed by atoms with Crippen molar-refractivity contribution in [2.75, 3.05) is 0 Å². The molecule has 1 aliphatic heterocycles. The number of para-hydroxylation sites is 1. The fraction of sp³-hybridized carbons (Fsp3) is 0.182. The van der Waals surface area contributed by atoms with E-state index in [-0.39, 0.29) is 0 Å². The van der Waals surface area contributed by atoms with Crippen LogP contribution in [0.3, 0.4) is 0 Å². The Hall–Kier alpha value is -0.740. The Morgan fingerprint density at radius 2 is 2.20 bits per heavy atom. The van der Waals surface area contributed by atoms with E-state index in [1.54, 1.807) is 0 Å². The number of halogens is 1. The van der Waals surface area contributed by atoms with Crippen LogP contribution in [0.25, 0.3) is 5.69 Å². The highest BCUT2D eigenvalue weighted by Gasteiger charge is 2.20. The first kappa shape index (κ1) is 9.48. The lowest BCUT2D eigenvalue weighted by atomic mass is 10.3. The number of hydrogen-bond acceptors (Lipinski definition) is 2. The van der Waals surface area contributed by atoms with Crippen LogP contribution in [0.15, 0.2) is 33.8 Å². The molecule has 0 fully saturated rings. The van der Waals surface area contributed by atoms with Crippen LogP contribution in [0.1, 0.15) is 11.5 Å². The molecule has 3 rings (SSSR count). The van der Waals surface area contributed by atoms with E-state index < -0.39 is 0 Å². The van der Waals surface area contributed by atoms with Crippen LogP contribution in [-0.2, 0) is 5.75 Å². The molecule has 1 aliphatic rings. The van der Waals surface area contributed by atoms with Crippen molar-refractivity contribution >= 4 is 27.7 Å². The van der Waals surface area contributed by atoms with Crippen LogP contribution in [0, 0.1) is 6.92 Å². The zero-order valence-electron chi connectivity index (χ0n) is 8.20. The Morgan fingerprint density at radius 3 is 3.07 bits per heavy atom. The van der Waals surface area contributed by atoms with Gasteiger partial charge in [-0.3, -0.25) is 4.57 Å². The third-order valence-corrected chi connectivity index (χ3v) is 4.50. The number of aryl methyl sites for hydroxylation is 1. The Morgan fingerprint density at radius 1 is 1.40 bits per heavy atom. The molecule has 1 aromatic carbocycles. The second-order valence-corrected chi connectivity index (χ2v) is 5.26. The van der Waals surface area contributed by atoms with E-state index in [0.717, 1.165) is 21.9 Å². The number of rotatable bonds is 0. The fourth-order valence-corrected chi connectivity index (χ4v) is 3.26. The van der Waals surface area contributed by atoms with Crippen LogP contribution in [-0.4, -0.2) is 9.55 Å². The minimum atomic E-state index is 0.948. The van der Waals surface area contributed by atoms with Gasteiger partial charge in [0.25, 0.3) is 0 Å². The van der Waals surface area contributed by atoms with Gasteiger partial charge in [0.1, 0.15) is 10.4 Å². The highest BCUT2D eigenvalue weighted by atomic mass is 79.9. The second-order valence-electron chi connectivity index (χ2n) is 3.50. The molecule has 0 spiro atoms. The summed E-state index contributed by atoms with van der Waals surface area (Å²) in [6.07, 6.45) is 0. The van der Waals surface area contributed by atoms with Crippen LogP contribution >= 0.6 is 27.7 Å². The maximum Gasteiger partial charge on any atom is 0.124 e. The van der Waals surface area contributed by atoms with Gasteiger partial charge in [-0.25, -0.2) is 4.98 Å². The highest BCUT2D eigenvalue weighted by molar-refractivity contribution is 9.10. The number of aromatic nitrogens is 2. The van der Waals surface area contributed by atoms with E-state index in [2.05, 4.69) is 49.7 Å². The number of nitrogens with zero attached hydrogens (tertiary/aromatic N) is 2. The summed E-state index contributed by atoms with van der Waals surface area (Å²) in [5.74, 6) is 2.08. The molecule has 76 valence electrons. The van der Waals surface area contributed by atoms with Crippen molar-refractivity contribution in [1.29, 1.82) is 0 Å². The normalized spacial score (nSPS) is 13.5. The summed E-state index contributed by atoms with van der Waals surface area (Å²) in [5.41, 5.74) is 2.29.